The lowest BCUT2D eigenvalue weighted by atomic mass is 10.3. The molecule has 2 heterocycles. The Bertz CT molecular complexity index is 823. The van der Waals surface area contributed by atoms with Gasteiger partial charge in [-0.15, -0.1) is 12.4 Å². The zero-order valence-electron chi connectivity index (χ0n) is 12.1. The number of nitrogens with one attached hydrogen (secondary N) is 1. The lowest BCUT2D eigenvalue weighted by Gasteiger charge is -2.26. The highest BCUT2D eigenvalue weighted by molar-refractivity contribution is 7.89. The molecule has 0 radical (unpaired) electrons. The van der Waals surface area contributed by atoms with E-state index in [4.69, 9.17) is 0 Å². The Hall–Kier alpha value is -0.930. The van der Waals surface area contributed by atoms with Crippen LogP contribution >= 0.6 is 23.7 Å². The molecule has 0 unspecified atom stereocenters. The summed E-state index contributed by atoms with van der Waals surface area (Å²) in [6, 6.07) is 4.94. The molecule has 0 saturated carbocycles. The lowest BCUT2D eigenvalue weighted by Crippen LogP contribution is -2.46. The van der Waals surface area contributed by atoms with Crippen LogP contribution < -0.4 is 10.2 Å². The van der Waals surface area contributed by atoms with E-state index in [1.807, 2.05) is 6.92 Å². The van der Waals surface area contributed by atoms with E-state index < -0.39 is 10.0 Å². The molecule has 1 saturated heterocycles. The summed E-state index contributed by atoms with van der Waals surface area (Å²) in [6.45, 7) is 4.78. The molecule has 122 valence electrons. The van der Waals surface area contributed by atoms with Gasteiger partial charge in [0, 0.05) is 32.7 Å². The highest BCUT2D eigenvalue weighted by atomic mass is 35.5. The van der Waals surface area contributed by atoms with E-state index in [0.717, 1.165) is 21.6 Å². The van der Waals surface area contributed by atoms with Crippen LogP contribution in [0.2, 0.25) is 0 Å². The Balaban J connectivity index is 0.00000176. The Labute approximate surface area is 139 Å². The number of hydrogen-bond donors (Lipinski definition) is 1. The van der Waals surface area contributed by atoms with Crippen LogP contribution in [-0.4, -0.2) is 43.5 Å². The number of fused-ring (bicyclic) bond motifs is 1. The fourth-order valence-electron chi connectivity index (χ4n) is 2.54. The predicted molar refractivity (Wildman–Crippen MR) is 90.6 cm³/mol. The number of piperazine rings is 1. The van der Waals surface area contributed by atoms with Gasteiger partial charge in [-0.3, -0.25) is 9.36 Å². The fraction of sp³-hybridized carbons (Fsp3) is 0.462. The molecule has 1 aliphatic heterocycles. The third-order valence-corrected chi connectivity index (χ3v) is 6.51. The predicted octanol–water partition coefficient (Wildman–Crippen LogP) is 1.10. The standard InChI is InChI=1S/C13H17N3O3S2.ClH/c1-2-16-11-4-3-10(9-12(11)20-13(16)17)21(18,19)15-7-5-14-6-8-15;/h3-4,9,14H,2,5-8H2,1H3;1H. The molecule has 0 spiro atoms. The van der Waals surface area contributed by atoms with Crippen molar-refractivity contribution < 1.29 is 8.42 Å². The molecule has 0 bridgehead atoms. The molecule has 0 atom stereocenters. The maximum atomic E-state index is 12.6. The molecule has 1 aromatic carbocycles. The average molecular weight is 364 g/mol. The van der Waals surface area contributed by atoms with Crippen molar-refractivity contribution in [3.63, 3.8) is 0 Å². The zero-order valence-corrected chi connectivity index (χ0v) is 14.6. The first-order valence-electron chi connectivity index (χ1n) is 6.88. The second-order valence-electron chi connectivity index (χ2n) is 4.90. The van der Waals surface area contributed by atoms with Crippen LogP contribution in [0, 0.1) is 0 Å². The van der Waals surface area contributed by atoms with Gasteiger partial charge in [-0.2, -0.15) is 4.31 Å². The van der Waals surface area contributed by atoms with Crippen LogP contribution in [0.1, 0.15) is 6.92 Å². The summed E-state index contributed by atoms with van der Waals surface area (Å²) in [5.41, 5.74) is 0.798. The van der Waals surface area contributed by atoms with Crippen LogP contribution in [0.4, 0.5) is 0 Å². The van der Waals surface area contributed by atoms with Crippen molar-refractivity contribution >= 4 is 44.0 Å². The summed E-state index contributed by atoms with van der Waals surface area (Å²) in [5.74, 6) is 0. The highest BCUT2D eigenvalue weighted by Crippen LogP contribution is 2.24. The Morgan fingerprint density at radius 3 is 2.59 bits per heavy atom. The molecule has 3 rings (SSSR count). The number of benzene rings is 1. The van der Waals surface area contributed by atoms with E-state index in [0.29, 0.717) is 32.7 Å². The fourth-order valence-corrected chi connectivity index (χ4v) is 5.08. The van der Waals surface area contributed by atoms with Gasteiger partial charge in [-0.1, -0.05) is 11.3 Å². The number of halogens is 1. The highest BCUT2D eigenvalue weighted by Gasteiger charge is 2.26. The Morgan fingerprint density at radius 2 is 1.95 bits per heavy atom. The molecule has 1 aliphatic rings. The minimum Gasteiger partial charge on any atom is -0.314 e. The van der Waals surface area contributed by atoms with Crippen molar-refractivity contribution in [1.82, 2.24) is 14.2 Å². The molecular weight excluding hydrogens is 346 g/mol. The maximum Gasteiger partial charge on any atom is 0.308 e. The van der Waals surface area contributed by atoms with E-state index in [2.05, 4.69) is 5.32 Å². The monoisotopic (exact) mass is 363 g/mol. The van der Waals surface area contributed by atoms with E-state index in [1.165, 1.54) is 4.31 Å². The third kappa shape index (κ3) is 2.93. The molecule has 6 nitrogen and oxygen atoms in total. The largest absolute Gasteiger partial charge is 0.314 e. The number of aryl methyl sites for hydroxylation is 1. The van der Waals surface area contributed by atoms with Crippen LogP contribution in [0.15, 0.2) is 27.9 Å². The third-order valence-electron chi connectivity index (χ3n) is 3.67. The first kappa shape index (κ1) is 17.4. The van der Waals surface area contributed by atoms with E-state index in [1.54, 1.807) is 22.8 Å². The van der Waals surface area contributed by atoms with Gasteiger partial charge in [0.15, 0.2) is 0 Å². The van der Waals surface area contributed by atoms with Crippen molar-refractivity contribution in [3.8, 4) is 0 Å². The average Bonchev–Trinajstić information content (AvgIpc) is 2.82. The Kier molecular flexibility index (Phi) is 5.29. The van der Waals surface area contributed by atoms with Crippen LogP contribution in [0.3, 0.4) is 0 Å². The minimum absolute atomic E-state index is 0. The molecule has 9 heteroatoms. The molecule has 1 fully saturated rings. The van der Waals surface area contributed by atoms with Crippen molar-refractivity contribution in [3.05, 3.63) is 27.9 Å². The van der Waals surface area contributed by atoms with Crippen LogP contribution in [-0.2, 0) is 16.6 Å². The molecule has 0 aliphatic carbocycles. The number of hydrogen-bond acceptors (Lipinski definition) is 5. The second kappa shape index (κ2) is 6.67. The van der Waals surface area contributed by atoms with Gasteiger partial charge in [0.2, 0.25) is 10.0 Å². The van der Waals surface area contributed by atoms with E-state index in [-0.39, 0.29) is 22.2 Å². The number of rotatable bonds is 3. The lowest BCUT2D eigenvalue weighted by molar-refractivity contribution is 0.360. The second-order valence-corrected chi connectivity index (χ2v) is 7.83. The van der Waals surface area contributed by atoms with Crippen molar-refractivity contribution in [2.75, 3.05) is 26.2 Å². The van der Waals surface area contributed by atoms with Crippen molar-refractivity contribution in [1.29, 1.82) is 0 Å². The number of thiazole rings is 1. The molecule has 1 N–H and O–H groups in total. The minimum atomic E-state index is -3.48. The molecular formula is C13H18ClN3O3S2. The molecule has 1 aromatic heterocycles. The molecule has 0 amide bonds. The summed E-state index contributed by atoms with van der Waals surface area (Å²) in [7, 11) is -3.48. The van der Waals surface area contributed by atoms with E-state index in [9.17, 15) is 13.2 Å². The van der Waals surface area contributed by atoms with Gasteiger partial charge in [-0.25, -0.2) is 8.42 Å². The van der Waals surface area contributed by atoms with Gasteiger partial charge in [0.1, 0.15) is 0 Å². The van der Waals surface area contributed by atoms with Crippen molar-refractivity contribution in [2.24, 2.45) is 0 Å². The van der Waals surface area contributed by atoms with Crippen LogP contribution in [0.25, 0.3) is 10.2 Å². The summed E-state index contributed by atoms with van der Waals surface area (Å²) in [4.78, 5) is 12.1. The van der Waals surface area contributed by atoms with Gasteiger partial charge in [0.25, 0.3) is 0 Å². The first-order chi connectivity index (χ1) is 10.0. The van der Waals surface area contributed by atoms with Gasteiger partial charge in [-0.05, 0) is 25.1 Å². The van der Waals surface area contributed by atoms with E-state index >= 15 is 0 Å². The first-order valence-corrected chi connectivity index (χ1v) is 9.14. The van der Waals surface area contributed by atoms with Gasteiger partial charge in [0.05, 0.1) is 15.1 Å². The number of aromatic nitrogens is 1. The zero-order chi connectivity index (χ0) is 15.0. The Morgan fingerprint density at radius 1 is 1.27 bits per heavy atom. The summed E-state index contributed by atoms with van der Waals surface area (Å²) in [6.07, 6.45) is 0. The molecule has 22 heavy (non-hydrogen) atoms. The normalized spacial score (nSPS) is 16.6. The number of nitrogens with zero attached hydrogens (tertiary/aromatic N) is 2. The van der Waals surface area contributed by atoms with Gasteiger partial charge < -0.3 is 5.32 Å². The quantitative estimate of drug-likeness (QED) is 0.886. The molecule has 2 aromatic rings. The topological polar surface area (TPSA) is 71.4 Å². The van der Waals surface area contributed by atoms with Crippen LogP contribution in [0.5, 0.6) is 0 Å². The van der Waals surface area contributed by atoms with Crippen molar-refractivity contribution in [2.45, 2.75) is 18.4 Å². The number of sulfonamides is 1. The smallest absolute Gasteiger partial charge is 0.308 e. The maximum absolute atomic E-state index is 12.6. The summed E-state index contributed by atoms with van der Waals surface area (Å²) in [5, 5.41) is 3.14. The SMILES string of the molecule is CCn1c(=O)sc2cc(S(=O)(=O)N3CCNCC3)ccc21.Cl. The summed E-state index contributed by atoms with van der Waals surface area (Å²) < 4.78 is 29.1. The van der Waals surface area contributed by atoms with Gasteiger partial charge >= 0.3 is 4.87 Å². The summed E-state index contributed by atoms with van der Waals surface area (Å²) >= 11 is 1.09.